The van der Waals surface area contributed by atoms with E-state index in [1.165, 1.54) is 7.11 Å². The molecule has 0 saturated carbocycles. The summed E-state index contributed by atoms with van der Waals surface area (Å²) in [4.78, 5) is 11.1. The maximum absolute atomic E-state index is 11.1. The molecular weight excluding hydrogens is 338 g/mol. The van der Waals surface area contributed by atoms with E-state index >= 15 is 0 Å². The van der Waals surface area contributed by atoms with Crippen molar-refractivity contribution in [2.45, 2.75) is 26.3 Å². The van der Waals surface area contributed by atoms with Crippen LogP contribution in [0.4, 0.5) is 0 Å². The van der Waals surface area contributed by atoms with Crippen LogP contribution in [0.15, 0.2) is 16.6 Å². The molecule has 0 amide bonds. The largest absolute Gasteiger partial charge is 0.493 e. The van der Waals surface area contributed by atoms with E-state index in [1.54, 1.807) is 7.11 Å². The van der Waals surface area contributed by atoms with Crippen molar-refractivity contribution in [1.82, 2.24) is 5.32 Å². The zero-order chi connectivity index (χ0) is 15.7. The van der Waals surface area contributed by atoms with Crippen molar-refractivity contribution in [3.63, 3.8) is 0 Å². The molecular formula is C15H22BrNO4. The second kappa shape index (κ2) is 9.63. The number of benzene rings is 1. The van der Waals surface area contributed by atoms with Crippen molar-refractivity contribution in [3.8, 4) is 11.5 Å². The quantitative estimate of drug-likeness (QED) is 0.542. The first-order valence-corrected chi connectivity index (χ1v) is 7.68. The van der Waals surface area contributed by atoms with E-state index in [9.17, 15) is 4.79 Å². The van der Waals surface area contributed by atoms with Crippen LogP contribution in [0.2, 0.25) is 0 Å². The fourth-order valence-corrected chi connectivity index (χ4v) is 2.37. The number of rotatable bonds is 9. The second-order valence-corrected chi connectivity index (χ2v) is 5.31. The van der Waals surface area contributed by atoms with Crippen LogP contribution in [0.25, 0.3) is 0 Å². The summed E-state index contributed by atoms with van der Waals surface area (Å²) in [5, 5.41) is 3.34. The van der Waals surface area contributed by atoms with Gasteiger partial charge in [-0.05, 0) is 46.6 Å². The molecule has 0 aliphatic rings. The minimum atomic E-state index is -0.300. The fourth-order valence-electron chi connectivity index (χ4n) is 1.76. The van der Waals surface area contributed by atoms with Gasteiger partial charge in [-0.2, -0.15) is 0 Å². The van der Waals surface area contributed by atoms with Gasteiger partial charge in [0, 0.05) is 6.54 Å². The number of nitrogens with one attached hydrogen (secondary N) is 1. The van der Waals surface area contributed by atoms with Crippen molar-refractivity contribution < 1.29 is 19.0 Å². The van der Waals surface area contributed by atoms with Gasteiger partial charge in [0.15, 0.2) is 11.5 Å². The van der Waals surface area contributed by atoms with Crippen LogP contribution in [0.5, 0.6) is 11.5 Å². The molecule has 0 aliphatic carbocycles. The minimum absolute atomic E-state index is 0.200. The summed E-state index contributed by atoms with van der Waals surface area (Å²) < 4.78 is 16.4. The van der Waals surface area contributed by atoms with Gasteiger partial charge in [0.1, 0.15) is 0 Å². The Hall–Kier alpha value is -1.27. The Balaban J connectivity index is 2.72. The number of ether oxygens (including phenoxy) is 3. The van der Waals surface area contributed by atoms with Gasteiger partial charge in [0.2, 0.25) is 0 Å². The summed E-state index contributed by atoms with van der Waals surface area (Å²) in [6, 6.07) is 3.92. The van der Waals surface area contributed by atoms with Crippen molar-refractivity contribution >= 4 is 21.9 Å². The molecule has 0 aliphatic heterocycles. The molecule has 0 bridgehead atoms. The van der Waals surface area contributed by atoms with E-state index in [-0.39, 0.29) is 19.0 Å². The molecule has 1 aromatic carbocycles. The highest BCUT2D eigenvalue weighted by molar-refractivity contribution is 9.10. The van der Waals surface area contributed by atoms with Gasteiger partial charge >= 0.3 is 5.97 Å². The Bertz CT molecular complexity index is 465. The molecule has 0 atom stereocenters. The number of carbonyl (C=O) groups excluding carboxylic acids is 1. The zero-order valence-electron chi connectivity index (χ0n) is 12.7. The molecule has 118 valence electrons. The first-order chi connectivity index (χ1) is 10.1. The molecule has 0 heterocycles. The summed E-state index contributed by atoms with van der Waals surface area (Å²) in [6.45, 7) is 4.11. The Morgan fingerprint density at radius 3 is 2.71 bits per heavy atom. The highest BCUT2D eigenvalue weighted by atomic mass is 79.9. The van der Waals surface area contributed by atoms with Gasteiger partial charge in [0.05, 0.1) is 31.7 Å². The molecule has 1 rings (SSSR count). The standard InChI is InChI=1S/C15H22BrNO4/c1-4-6-17-10-11-8-12(16)15(13(9-11)19-2)21-7-5-14(18)20-3/h8-9,17H,4-7,10H2,1-3H3. The minimum Gasteiger partial charge on any atom is -0.493 e. The Morgan fingerprint density at radius 1 is 1.33 bits per heavy atom. The van der Waals surface area contributed by atoms with E-state index in [0.717, 1.165) is 29.5 Å². The maximum atomic E-state index is 11.1. The molecule has 0 unspecified atom stereocenters. The first kappa shape index (κ1) is 17.8. The van der Waals surface area contributed by atoms with Gasteiger partial charge in [-0.25, -0.2) is 0 Å². The molecule has 21 heavy (non-hydrogen) atoms. The van der Waals surface area contributed by atoms with Crippen molar-refractivity contribution in [3.05, 3.63) is 22.2 Å². The number of carbonyl (C=O) groups is 1. The molecule has 1 aromatic rings. The van der Waals surface area contributed by atoms with Gasteiger partial charge in [-0.1, -0.05) is 6.92 Å². The average molecular weight is 360 g/mol. The molecule has 0 aromatic heterocycles. The molecule has 0 saturated heterocycles. The Morgan fingerprint density at radius 2 is 2.10 bits per heavy atom. The Kier molecular flexibility index (Phi) is 8.15. The average Bonchev–Trinajstić information content (AvgIpc) is 2.48. The normalized spacial score (nSPS) is 10.3. The third-order valence-corrected chi connectivity index (χ3v) is 3.41. The van der Waals surface area contributed by atoms with Crippen LogP contribution in [-0.4, -0.2) is 33.3 Å². The van der Waals surface area contributed by atoms with Crippen molar-refractivity contribution in [2.24, 2.45) is 0 Å². The first-order valence-electron chi connectivity index (χ1n) is 6.89. The number of hydrogen-bond acceptors (Lipinski definition) is 5. The number of methoxy groups -OCH3 is 2. The van der Waals surface area contributed by atoms with E-state index in [2.05, 4.69) is 32.9 Å². The summed E-state index contributed by atoms with van der Waals surface area (Å²) in [5.41, 5.74) is 1.10. The third-order valence-electron chi connectivity index (χ3n) is 2.83. The van der Waals surface area contributed by atoms with Crippen LogP contribution in [0.3, 0.4) is 0 Å². The highest BCUT2D eigenvalue weighted by Gasteiger charge is 2.12. The molecule has 0 spiro atoms. The molecule has 6 heteroatoms. The molecule has 0 fully saturated rings. The van der Waals surface area contributed by atoms with E-state index < -0.39 is 0 Å². The molecule has 5 nitrogen and oxygen atoms in total. The van der Waals surface area contributed by atoms with Crippen LogP contribution in [0, 0.1) is 0 Å². The van der Waals surface area contributed by atoms with E-state index in [1.807, 2.05) is 12.1 Å². The van der Waals surface area contributed by atoms with Crippen LogP contribution >= 0.6 is 15.9 Å². The lowest BCUT2D eigenvalue weighted by molar-refractivity contribution is -0.141. The maximum Gasteiger partial charge on any atom is 0.308 e. The smallest absolute Gasteiger partial charge is 0.308 e. The van der Waals surface area contributed by atoms with Gasteiger partial charge in [-0.3, -0.25) is 4.79 Å². The van der Waals surface area contributed by atoms with Gasteiger partial charge < -0.3 is 19.5 Å². The van der Waals surface area contributed by atoms with Gasteiger partial charge in [0.25, 0.3) is 0 Å². The summed E-state index contributed by atoms with van der Waals surface area (Å²) in [5.74, 6) is 0.939. The lowest BCUT2D eigenvalue weighted by Crippen LogP contribution is -2.14. The molecule has 0 radical (unpaired) electrons. The third kappa shape index (κ3) is 5.93. The summed E-state index contributed by atoms with van der Waals surface area (Å²) >= 11 is 3.48. The molecule has 1 N–H and O–H groups in total. The number of halogens is 1. The lowest BCUT2D eigenvalue weighted by Gasteiger charge is -2.14. The van der Waals surface area contributed by atoms with E-state index in [4.69, 9.17) is 9.47 Å². The summed E-state index contributed by atoms with van der Waals surface area (Å²) in [6.07, 6.45) is 1.29. The number of esters is 1. The monoisotopic (exact) mass is 359 g/mol. The summed E-state index contributed by atoms with van der Waals surface area (Å²) in [7, 11) is 2.95. The predicted octanol–water partition coefficient (Wildman–Crippen LogP) is 2.90. The van der Waals surface area contributed by atoms with Crippen molar-refractivity contribution in [1.29, 1.82) is 0 Å². The zero-order valence-corrected chi connectivity index (χ0v) is 14.3. The Labute approximate surface area is 134 Å². The van der Waals surface area contributed by atoms with Gasteiger partial charge in [-0.15, -0.1) is 0 Å². The fraction of sp³-hybridized carbons (Fsp3) is 0.533. The van der Waals surface area contributed by atoms with Crippen molar-refractivity contribution in [2.75, 3.05) is 27.4 Å². The lowest BCUT2D eigenvalue weighted by atomic mass is 10.2. The van der Waals surface area contributed by atoms with Crippen LogP contribution in [0.1, 0.15) is 25.3 Å². The number of hydrogen-bond donors (Lipinski definition) is 1. The SMILES string of the molecule is CCCNCc1cc(Br)c(OCCC(=O)OC)c(OC)c1. The predicted molar refractivity (Wildman–Crippen MR) is 84.8 cm³/mol. The topological polar surface area (TPSA) is 56.8 Å². The second-order valence-electron chi connectivity index (χ2n) is 4.46. The van der Waals surface area contributed by atoms with E-state index in [0.29, 0.717) is 11.5 Å². The highest BCUT2D eigenvalue weighted by Crippen LogP contribution is 2.36. The van der Waals surface area contributed by atoms with Crippen LogP contribution < -0.4 is 14.8 Å². The van der Waals surface area contributed by atoms with Crippen LogP contribution in [-0.2, 0) is 16.1 Å².